The third-order valence-corrected chi connectivity index (χ3v) is 2.30. The number of nitrogens with one attached hydrogen (secondary N) is 1. The molecule has 1 aromatic rings. The second-order valence-electron chi connectivity index (χ2n) is 2.52. The van der Waals surface area contributed by atoms with Gasteiger partial charge in [-0.2, -0.15) is 0 Å². The molecule has 0 aliphatic rings. The van der Waals surface area contributed by atoms with E-state index in [9.17, 15) is 4.79 Å². The highest BCUT2D eigenvalue weighted by Gasteiger charge is 2.07. The topological polar surface area (TPSA) is 66.9 Å². The van der Waals surface area contributed by atoms with Crippen LogP contribution in [0.4, 0.5) is 0 Å². The van der Waals surface area contributed by atoms with Gasteiger partial charge < -0.3 is 5.73 Å². The second-order valence-corrected chi connectivity index (χ2v) is 3.77. The lowest BCUT2D eigenvalue weighted by atomic mass is 10.2. The summed E-state index contributed by atoms with van der Waals surface area (Å²) >= 11 is 1.24. The van der Waals surface area contributed by atoms with Crippen LogP contribution in [0.2, 0.25) is 0 Å². The molecule has 0 bridgehead atoms. The quantitative estimate of drug-likeness (QED) is 0.429. The number of hydrogen-bond acceptors (Lipinski definition) is 3. The minimum absolute atomic E-state index is 0.439. The van der Waals surface area contributed by atoms with Gasteiger partial charge in [-0.25, -0.2) is 0 Å². The van der Waals surface area contributed by atoms with Gasteiger partial charge in [0, 0.05) is 4.90 Å². The maximum absolute atomic E-state index is 10.9. The highest BCUT2D eigenvalue weighted by molar-refractivity contribution is 8.13. The predicted molar refractivity (Wildman–Crippen MR) is 54.2 cm³/mol. The molecule has 0 aliphatic carbocycles. The van der Waals surface area contributed by atoms with Crippen LogP contribution in [0.25, 0.3) is 0 Å². The third kappa shape index (κ3) is 2.59. The van der Waals surface area contributed by atoms with Crippen molar-refractivity contribution >= 4 is 22.7 Å². The van der Waals surface area contributed by atoms with Gasteiger partial charge in [-0.15, -0.1) is 0 Å². The monoisotopic (exact) mass is 194 g/mol. The summed E-state index contributed by atoms with van der Waals surface area (Å²) in [5.41, 5.74) is 5.64. The number of amides is 1. The van der Waals surface area contributed by atoms with Gasteiger partial charge in [-0.1, -0.05) is 23.9 Å². The van der Waals surface area contributed by atoms with Crippen LogP contribution in [0.1, 0.15) is 17.3 Å². The Hall–Kier alpha value is -1.29. The Bertz CT molecular complexity index is 349. The predicted octanol–water partition coefficient (Wildman–Crippen LogP) is 1.87. The largest absolute Gasteiger partial charge is 0.366 e. The van der Waals surface area contributed by atoms with E-state index in [2.05, 4.69) is 0 Å². The van der Waals surface area contributed by atoms with Crippen LogP contribution < -0.4 is 5.73 Å². The Labute approximate surface area is 80.8 Å². The Balaban J connectivity index is 3.04. The van der Waals surface area contributed by atoms with E-state index in [4.69, 9.17) is 11.1 Å². The molecule has 4 heteroatoms. The molecule has 1 rings (SSSR count). The van der Waals surface area contributed by atoms with E-state index in [0.29, 0.717) is 10.6 Å². The first-order valence-electron chi connectivity index (χ1n) is 3.73. The number of rotatable bonds is 2. The molecule has 3 nitrogen and oxygen atoms in total. The van der Waals surface area contributed by atoms with Crippen LogP contribution in [-0.4, -0.2) is 11.0 Å². The molecular weight excluding hydrogens is 184 g/mol. The van der Waals surface area contributed by atoms with Gasteiger partial charge in [-0.3, -0.25) is 10.2 Å². The van der Waals surface area contributed by atoms with Crippen molar-refractivity contribution in [1.29, 1.82) is 5.41 Å². The van der Waals surface area contributed by atoms with Crippen LogP contribution in [-0.2, 0) is 0 Å². The van der Waals surface area contributed by atoms with Crippen molar-refractivity contribution in [3.8, 4) is 0 Å². The van der Waals surface area contributed by atoms with Gasteiger partial charge in [0.2, 0.25) is 5.91 Å². The maximum atomic E-state index is 10.9. The lowest BCUT2D eigenvalue weighted by Crippen LogP contribution is -2.12. The molecule has 13 heavy (non-hydrogen) atoms. The number of hydrogen-bond donors (Lipinski definition) is 2. The zero-order valence-electron chi connectivity index (χ0n) is 7.20. The van der Waals surface area contributed by atoms with Gasteiger partial charge in [0.1, 0.15) is 0 Å². The van der Waals surface area contributed by atoms with Crippen LogP contribution in [0.3, 0.4) is 0 Å². The highest BCUT2D eigenvalue weighted by Crippen LogP contribution is 2.22. The normalized spacial score (nSPS) is 9.62. The van der Waals surface area contributed by atoms with Crippen LogP contribution >= 0.6 is 11.8 Å². The molecule has 0 fully saturated rings. The van der Waals surface area contributed by atoms with Crippen molar-refractivity contribution in [2.45, 2.75) is 11.8 Å². The smallest absolute Gasteiger partial charge is 0.249 e. The fourth-order valence-corrected chi connectivity index (χ4v) is 1.68. The summed E-state index contributed by atoms with van der Waals surface area (Å²) in [6.07, 6.45) is 0. The standard InChI is InChI=1S/C9H10N2OS/c1-6(10)13-8-5-3-2-4-7(8)9(11)12/h2-5,10H,1H3,(H2,11,12). The molecule has 68 valence electrons. The number of thioether (sulfide) groups is 1. The summed E-state index contributed by atoms with van der Waals surface area (Å²) in [5, 5.41) is 7.72. The number of benzene rings is 1. The van der Waals surface area contributed by atoms with Crippen LogP contribution in [0.15, 0.2) is 29.2 Å². The van der Waals surface area contributed by atoms with E-state index in [1.54, 1.807) is 25.1 Å². The van der Waals surface area contributed by atoms with E-state index in [0.717, 1.165) is 4.90 Å². The number of nitrogens with two attached hydrogens (primary N) is 1. The summed E-state index contributed by atoms with van der Waals surface area (Å²) in [6, 6.07) is 7.01. The first-order valence-corrected chi connectivity index (χ1v) is 4.54. The molecule has 0 saturated heterocycles. The van der Waals surface area contributed by atoms with Crippen molar-refractivity contribution < 1.29 is 4.79 Å². The summed E-state index contributed by atoms with van der Waals surface area (Å²) in [5.74, 6) is -0.454. The molecular formula is C9H10N2OS. The van der Waals surface area contributed by atoms with Crippen LogP contribution in [0.5, 0.6) is 0 Å². The van der Waals surface area contributed by atoms with Gasteiger partial charge >= 0.3 is 0 Å². The summed E-state index contributed by atoms with van der Waals surface area (Å²) in [7, 11) is 0. The van der Waals surface area contributed by atoms with E-state index < -0.39 is 5.91 Å². The highest BCUT2D eigenvalue weighted by atomic mass is 32.2. The zero-order valence-corrected chi connectivity index (χ0v) is 8.02. The SMILES string of the molecule is CC(=N)Sc1ccccc1C(N)=O. The Morgan fingerprint density at radius 3 is 2.62 bits per heavy atom. The number of primary amides is 1. The number of carbonyl (C=O) groups excluding carboxylic acids is 1. The van der Waals surface area contributed by atoms with E-state index in [-0.39, 0.29) is 0 Å². The Morgan fingerprint density at radius 2 is 2.08 bits per heavy atom. The van der Waals surface area contributed by atoms with Crippen molar-refractivity contribution in [3.63, 3.8) is 0 Å². The second kappa shape index (κ2) is 4.09. The van der Waals surface area contributed by atoms with E-state index in [1.165, 1.54) is 11.8 Å². The van der Waals surface area contributed by atoms with Crippen molar-refractivity contribution in [2.24, 2.45) is 5.73 Å². The Morgan fingerprint density at radius 1 is 1.46 bits per heavy atom. The summed E-state index contributed by atoms with van der Waals surface area (Å²) in [4.78, 5) is 11.7. The summed E-state index contributed by atoms with van der Waals surface area (Å²) in [6.45, 7) is 1.67. The Kier molecular flexibility index (Phi) is 3.08. The van der Waals surface area contributed by atoms with Gasteiger partial charge in [0.05, 0.1) is 10.6 Å². The fourth-order valence-electron chi connectivity index (χ4n) is 0.924. The van der Waals surface area contributed by atoms with Crippen molar-refractivity contribution in [1.82, 2.24) is 0 Å². The maximum Gasteiger partial charge on any atom is 0.249 e. The van der Waals surface area contributed by atoms with Crippen molar-refractivity contribution in [2.75, 3.05) is 0 Å². The molecule has 0 aliphatic heterocycles. The third-order valence-electron chi connectivity index (χ3n) is 1.42. The summed E-state index contributed by atoms with van der Waals surface area (Å²) < 4.78 is 0. The first-order chi connectivity index (χ1) is 6.11. The minimum atomic E-state index is -0.454. The van der Waals surface area contributed by atoms with Crippen molar-refractivity contribution in [3.05, 3.63) is 29.8 Å². The molecule has 0 spiro atoms. The lowest BCUT2D eigenvalue weighted by molar-refractivity contribution is 0.0997. The fraction of sp³-hybridized carbons (Fsp3) is 0.111. The van der Waals surface area contributed by atoms with Gasteiger partial charge in [-0.05, 0) is 19.1 Å². The number of carbonyl (C=O) groups is 1. The zero-order chi connectivity index (χ0) is 9.84. The molecule has 0 atom stereocenters. The molecule has 1 amide bonds. The molecule has 0 unspecified atom stereocenters. The van der Waals surface area contributed by atoms with E-state index >= 15 is 0 Å². The molecule has 1 aromatic carbocycles. The van der Waals surface area contributed by atoms with E-state index in [1.807, 2.05) is 6.07 Å². The first kappa shape index (κ1) is 9.80. The molecule has 0 aromatic heterocycles. The molecule has 3 N–H and O–H groups in total. The molecule has 0 saturated carbocycles. The average Bonchev–Trinajstić information content (AvgIpc) is 2.03. The minimum Gasteiger partial charge on any atom is -0.366 e. The molecule has 0 radical (unpaired) electrons. The molecule has 0 heterocycles. The van der Waals surface area contributed by atoms with Gasteiger partial charge in [0.25, 0.3) is 0 Å². The average molecular weight is 194 g/mol. The van der Waals surface area contributed by atoms with Gasteiger partial charge in [0.15, 0.2) is 0 Å². The lowest BCUT2D eigenvalue weighted by Gasteiger charge is -2.03. The van der Waals surface area contributed by atoms with Crippen LogP contribution in [0, 0.1) is 5.41 Å².